The summed E-state index contributed by atoms with van der Waals surface area (Å²) in [6.45, 7) is 4.86. The van der Waals surface area contributed by atoms with Crippen LogP contribution >= 0.6 is 11.8 Å². The highest BCUT2D eigenvalue weighted by molar-refractivity contribution is 7.98. The molecular formula is C19H22N6OS. The molecule has 7 nitrogen and oxygen atoms in total. The first kappa shape index (κ1) is 19.0. The van der Waals surface area contributed by atoms with E-state index in [9.17, 15) is 4.79 Å². The molecule has 27 heavy (non-hydrogen) atoms. The predicted octanol–water partition coefficient (Wildman–Crippen LogP) is 3.13. The van der Waals surface area contributed by atoms with Gasteiger partial charge in [-0.3, -0.25) is 4.79 Å². The highest BCUT2D eigenvalue weighted by Gasteiger charge is 2.21. The van der Waals surface area contributed by atoms with Gasteiger partial charge in [0.2, 0.25) is 0 Å². The van der Waals surface area contributed by atoms with Crippen LogP contribution in [0, 0.1) is 5.92 Å². The van der Waals surface area contributed by atoms with Crippen molar-refractivity contribution in [1.29, 1.82) is 0 Å². The van der Waals surface area contributed by atoms with Gasteiger partial charge < -0.3 is 5.32 Å². The molecule has 2 aromatic heterocycles. The zero-order valence-electron chi connectivity index (χ0n) is 15.4. The van der Waals surface area contributed by atoms with Crippen LogP contribution in [0.15, 0.2) is 53.9 Å². The van der Waals surface area contributed by atoms with Crippen molar-refractivity contribution in [2.75, 3.05) is 6.54 Å². The molecule has 0 unspecified atom stereocenters. The van der Waals surface area contributed by atoms with Crippen molar-refractivity contribution in [1.82, 2.24) is 30.3 Å². The lowest BCUT2D eigenvalue weighted by Gasteiger charge is -2.09. The average molecular weight is 382 g/mol. The van der Waals surface area contributed by atoms with E-state index >= 15 is 0 Å². The molecule has 2 heterocycles. The Morgan fingerprint density at radius 3 is 2.59 bits per heavy atom. The minimum Gasteiger partial charge on any atom is -0.351 e. The van der Waals surface area contributed by atoms with Crippen LogP contribution in [0.5, 0.6) is 0 Å². The maximum Gasteiger partial charge on any atom is 0.273 e. The molecular weight excluding hydrogens is 360 g/mol. The fourth-order valence-electron chi connectivity index (χ4n) is 2.44. The maximum absolute atomic E-state index is 12.6. The number of hydrogen-bond acceptors (Lipinski definition) is 6. The quantitative estimate of drug-likeness (QED) is 0.476. The smallest absolute Gasteiger partial charge is 0.273 e. The lowest BCUT2D eigenvalue weighted by molar-refractivity contribution is 0.0946. The van der Waals surface area contributed by atoms with Gasteiger partial charge in [0.25, 0.3) is 5.91 Å². The van der Waals surface area contributed by atoms with E-state index < -0.39 is 0 Å². The van der Waals surface area contributed by atoms with E-state index in [2.05, 4.69) is 39.4 Å². The van der Waals surface area contributed by atoms with Gasteiger partial charge in [-0.1, -0.05) is 49.0 Å². The summed E-state index contributed by atoms with van der Waals surface area (Å²) >= 11 is 1.44. The van der Waals surface area contributed by atoms with Crippen LogP contribution in [-0.2, 0) is 5.75 Å². The first-order valence-electron chi connectivity index (χ1n) is 8.83. The SMILES string of the molecule is CC(C)CCNC(=O)c1nnn(-c2ccccc2)c1CSc1ncccn1. The van der Waals surface area contributed by atoms with Gasteiger partial charge in [0.05, 0.1) is 11.4 Å². The largest absolute Gasteiger partial charge is 0.351 e. The molecule has 0 atom stereocenters. The summed E-state index contributed by atoms with van der Waals surface area (Å²) in [7, 11) is 0. The number of amides is 1. The number of carbonyl (C=O) groups excluding carboxylic acids is 1. The lowest BCUT2D eigenvalue weighted by atomic mass is 10.1. The van der Waals surface area contributed by atoms with Gasteiger partial charge in [0.15, 0.2) is 10.9 Å². The summed E-state index contributed by atoms with van der Waals surface area (Å²) in [6, 6.07) is 11.4. The second-order valence-electron chi connectivity index (χ2n) is 6.39. The molecule has 0 spiro atoms. The van der Waals surface area contributed by atoms with Crippen LogP contribution in [0.3, 0.4) is 0 Å². The van der Waals surface area contributed by atoms with E-state index in [0.29, 0.717) is 29.1 Å². The molecule has 0 fully saturated rings. The normalized spacial score (nSPS) is 10.9. The third-order valence-corrected chi connectivity index (χ3v) is 4.75. The van der Waals surface area contributed by atoms with Gasteiger partial charge in [-0.15, -0.1) is 5.10 Å². The Bertz CT molecular complexity index is 866. The zero-order valence-corrected chi connectivity index (χ0v) is 16.2. The molecule has 0 bridgehead atoms. The Labute approximate surface area is 162 Å². The van der Waals surface area contributed by atoms with Gasteiger partial charge in [-0.05, 0) is 30.5 Å². The molecule has 0 aliphatic rings. The summed E-state index contributed by atoms with van der Waals surface area (Å²) in [4.78, 5) is 21.1. The Hall–Kier alpha value is -2.74. The van der Waals surface area contributed by atoms with Gasteiger partial charge in [0.1, 0.15) is 0 Å². The zero-order chi connectivity index (χ0) is 19.1. The topological polar surface area (TPSA) is 85.6 Å². The Kier molecular flexibility index (Phi) is 6.54. The van der Waals surface area contributed by atoms with Crippen molar-refractivity contribution in [3.8, 4) is 5.69 Å². The summed E-state index contributed by atoms with van der Waals surface area (Å²) in [5.41, 5.74) is 1.92. The maximum atomic E-state index is 12.6. The number of para-hydroxylation sites is 1. The van der Waals surface area contributed by atoms with Gasteiger partial charge in [0, 0.05) is 24.7 Å². The predicted molar refractivity (Wildman–Crippen MR) is 105 cm³/mol. The van der Waals surface area contributed by atoms with E-state index in [1.54, 1.807) is 23.1 Å². The number of nitrogens with zero attached hydrogens (tertiary/aromatic N) is 5. The second-order valence-corrected chi connectivity index (χ2v) is 7.33. The molecule has 140 valence electrons. The van der Waals surface area contributed by atoms with Crippen molar-refractivity contribution in [3.63, 3.8) is 0 Å². The minimum absolute atomic E-state index is 0.206. The third kappa shape index (κ3) is 5.13. The Balaban J connectivity index is 1.84. The van der Waals surface area contributed by atoms with Crippen molar-refractivity contribution in [2.45, 2.75) is 31.2 Å². The molecule has 3 rings (SSSR count). The Morgan fingerprint density at radius 2 is 1.89 bits per heavy atom. The molecule has 0 saturated heterocycles. The monoisotopic (exact) mass is 382 g/mol. The summed E-state index contributed by atoms with van der Waals surface area (Å²) in [6.07, 6.45) is 4.31. The molecule has 3 aromatic rings. The first-order chi connectivity index (χ1) is 13.1. The van der Waals surface area contributed by atoms with Crippen LogP contribution in [0.25, 0.3) is 5.69 Å². The van der Waals surface area contributed by atoms with E-state index in [0.717, 1.165) is 17.8 Å². The van der Waals surface area contributed by atoms with Gasteiger partial charge >= 0.3 is 0 Å². The number of hydrogen-bond donors (Lipinski definition) is 1. The van der Waals surface area contributed by atoms with E-state index in [1.807, 2.05) is 30.3 Å². The lowest BCUT2D eigenvalue weighted by Crippen LogP contribution is -2.26. The van der Waals surface area contributed by atoms with Crippen molar-refractivity contribution in [2.24, 2.45) is 5.92 Å². The fourth-order valence-corrected chi connectivity index (χ4v) is 3.23. The van der Waals surface area contributed by atoms with Crippen LogP contribution < -0.4 is 5.32 Å². The van der Waals surface area contributed by atoms with Crippen LogP contribution in [-0.4, -0.2) is 37.4 Å². The molecule has 1 aromatic carbocycles. The molecule has 0 saturated carbocycles. The van der Waals surface area contributed by atoms with Crippen LogP contribution in [0.1, 0.15) is 36.5 Å². The van der Waals surface area contributed by atoms with Crippen molar-refractivity contribution in [3.05, 3.63) is 60.2 Å². The third-order valence-electron chi connectivity index (χ3n) is 3.87. The summed E-state index contributed by atoms with van der Waals surface area (Å²) in [5, 5.41) is 11.9. The molecule has 1 amide bonds. The number of thioether (sulfide) groups is 1. The fraction of sp³-hybridized carbons (Fsp3) is 0.316. The van der Waals surface area contributed by atoms with Crippen molar-refractivity contribution < 1.29 is 4.79 Å². The first-order valence-corrected chi connectivity index (χ1v) is 9.81. The molecule has 0 aliphatic heterocycles. The molecule has 1 N–H and O–H groups in total. The highest BCUT2D eigenvalue weighted by atomic mass is 32.2. The summed E-state index contributed by atoms with van der Waals surface area (Å²) in [5.74, 6) is 0.803. The standard InChI is InChI=1S/C19H22N6OS/c1-14(2)9-12-20-18(26)17-16(13-27-19-21-10-6-11-22-19)25(24-23-17)15-7-4-3-5-8-15/h3-8,10-11,14H,9,12-13H2,1-2H3,(H,20,26). The molecule has 0 radical (unpaired) electrons. The average Bonchev–Trinajstić information content (AvgIpc) is 3.11. The molecule has 8 heteroatoms. The van der Waals surface area contributed by atoms with E-state index in [1.165, 1.54) is 11.8 Å². The van der Waals surface area contributed by atoms with Gasteiger partial charge in [-0.2, -0.15) is 0 Å². The van der Waals surface area contributed by atoms with Crippen LogP contribution in [0.2, 0.25) is 0 Å². The number of benzene rings is 1. The number of rotatable bonds is 8. The number of carbonyl (C=O) groups is 1. The van der Waals surface area contributed by atoms with E-state index in [4.69, 9.17) is 0 Å². The van der Waals surface area contributed by atoms with Gasteiger partial charge in [-0.25, -0.2) is 14.6 Å². The second kappa shape index (κ2) is 9.27. The van der Waals surface area contributed by atoms with Crippen LogP contribution in [0.4, 0.5) is 0 Å². The van der Waals surface area contributed by atoms with Crippen molar-refractivity contribution >= 4 is 17.7 Å². The minimum atomic E-state index is -0.206. The van der Waals surface area contributed by atoms with E-state index in [-0.39, 0.29) is 5.91 Å². The summed E-state index contributed by atoms with van der Waals surface area (Å²) < 4.78 is 1.70. The Morgan fingerprint density at radius 1 is 1.15 bits per heavy atom. The highest BCUT2D eigenvalue weighted by Crippen LogP contribution is 2.22. The number of aromatic nitrogens is 5. The molecule has 0 aliphatic carbocycles. The number of nitrogens with one attached hydrogen (secondary N) is 1.